The number of hydrogen-bond donors (Lipinski definition) is 3. The Hall–Kier alpha value is -3.15. The van der Waals surface area contributed by atoms with Crippen molar-refractivity contribution in [1.29, 1.82) is 0 Å². The number of ether oxygens (including phenoxy) is 1. The molecule has 0 radical (unpaired) electrons. The first kappa shape index (κ1) is 20.2. The van der Waals surface area contributed by atoms with Gasteiger partial charge < -0.3 is 15.9 Å². The summed E-state index contributed by atoms with van der Waals surface area (Å²) in [5.41, 5.74) is 0.520. The van der Waals surface area contributed by atoms with Crippen LogP contribution >= 0.6 is 11.8 Å². The Balaban J connectivity index is 1.95. The van der Waals surface area contributed by atoms with Crippen molar-refractivity contribution in [2.45, 2.75) is 11.8 Å². The summed E-state index contributed by atoms with van der Waals surface area (Å²) in [6.07, 6.45) is 1.48. The lowest BCUT2D eigenvalue weighted by Crippen LogP contribution is -2.40. The van der Waals surface area contributed by atoms with Crippen molar-refractivity contribution in [3.05, 3.63) is 36.9 Å². The van der Waals surface area contributed by atoms with Crippen LogP contribution in [0.3, 0.4) is 0 Å². The number of carbonyl (C=O) groups excluding carboxylic acids is 2. The minimum atomic E-state index is -2.91. The average molecular weight is 398 g/mol. The second-order valence-corrected chi connectivity index (χ2v) is 5.86. The molecule has 0 spiro atoms. The van der Waals surface area contributed by atoms with Gasteiger partial charge in [-0.1, -0.05) is 17.8 Å². The van der Waals surface area contributed by atoms with Gasteiger partial charge in [0, 0.05) is 12.1 Å². The van der Waals surface area contributed by atoms with Crippen LogP contribution in [-0.2, 0) is 4.79 Å². The van der Waals surface area contributed by atoms with Crippen molar-refractivity contribution in [3.8, 4) is 17.1 Å². The molecule has 0 aliphatic carbocycles. The normalized spacial score (nSPS) is 10.5. The van der Waals surface area contributed by atoms with Gasteiger partial charge in [-0.05, 0) is 24.3 Å². The first-order valence-corrected chi connectivity index (χ1v) is 8.46. The molecular formula is C15H16F2N6O3S. The van der Waals surface area contributed by atoms with E-state index >= 15 is 0 Å². The van der Waals surface area contributed by atoms with Gasteiger partial charge in [-0.3, -0.25) is 10.1 Å². The summed E-state index contributed by atoms with van der Waals surface area (Å²) in [4.78, 5) is 23.1. The Labute approximate surface area is 156 Å². The third-order valence-corrected chi connectivity index (χ3v) is 3.94. The van der Waals surface area contributed by atoms with Crippen LogP contribution in [0.25, 0.3) is 11.4 Å². The number of hydrogen-bond acceptors (Lipinski definition) is 7. The molecule has 0 aliphatic rings. The molecule has 3 amide bonds. The largest absolute Gasteiger partial charge is 0.435 e. The fourth-order valence-electron chi connectivity index (χ4n) is 1.86. The maximum absolute atomic E-state index is 12.2. The first-order valence-electron chi connectivity index (χ1n) is 7.47. The Morgan fingerprint density at radius 3 is 2.67 bits per heavy atom. The minimum Gasteiger partial charge on any atom is -0.435 e. The van der Waals surface area contributed by atoms with Gasteiger partial charge in [0.05, 0.1) is 5.75 Å². The molecule has 1 heterocycles. The summed E-state index contributed by atoms with van der Waals surface area (Å²) < 4.78 is 29.8. The fraction of sp³-hybridized carbons (Fsp3) is 0.200. The molecule has 0 fully saturated rings. The third kappa shape index (κ3) is 5.95. The van der Waals surface area contributed by atoms with Gasteiger partial charge in [-0.2, -0.15) is 8.78 Å². The van der Waals surface area contributed by atoms with Crippen molar-refractivity contribution in [3.63, 3.8) is 0 Å². The topological polar surface area (TPSA) is 124 Å². The smallest absolute Gasteiger partial charge is 0.387 e. The molecule has 1 aromatic heterocycles. The molecule has 2 rings (SSSR count). The van der Waals surface area contributed by atoms with E-state index in [9.17, 15) is 18.4 Å². The van der Waals surface area contributed by atoms with E-state index < -0.39 is 18.5 Å². The van der Waals surface area contributed by atoms with Gasteiger partial charge in [0.15, 0.2) is 5.82 Å². The maximum Gasteiger partial charge on any atom is 0.387 e. The van der Waals surface area contributed by atoms with Gasteiger partial charge in [0.2, 0.25) is 11.1 Å². The molecule has 0 bridgehead atoms. The number of imide groups is 1. The number of benzene rings is 1. The van der Waals surface area contributed by atoms with Crippen LogP contribution in [0.1, 0.15) is 0 Å². The minimum absolute atomic E-state index is 0.00200. The summed E-state index contributed by atoms with van der Waals surface area (Å²) in [6, 6.07) is 5.05. The van der Waals surface area contributed by atoms with Crippen LogP contribution in [0.2, 0.25) is 0 Å². The number of nitrogens with two attached hydrogens (primary N) is 1. The average Bonchev–Trinajstić information content (AvgIpc) is 2.99. The summed E-state index contributed by atoms with van der Waals surface area (Å²) in [5, 5.41) is 12.6. The SMILES string of the molecule is C=CCNC(=O)NC(=O)CSc1nnc(-c2ccc(OC(F)F)cc2)n1N. The first-order chi connectivity index (χ1) is 12.9. The van der Waals surface area contributed by atoms with Crippen LogP contribution in [0, 0.1) is 0 Å². The van der Waals surface area contributed by atoms with Crippen molar-refractivity contribution >= 4 is 23.7 Å². The molecule has 0 unspecified atom stereocenters. The van der Waals surface area contributed by atoms with Gasteiger partial charge in [0.25, 0.3) is 0 Å². The van der Waals surface area contributed by atoms with Crippen LogP contribution in [0.4, 0.5) is 13.6 Å². The standard InChI is InChI=1S/C15H16F2N6O3S/c1-2-7-19-14(25)20-11(24)8-27-15-22-21-12(23(15)18)9-3-5-10(6-4-9)26-13(16)17/h2-6,13H,1,7-8,18H2,(H2,19,20,24,25). The summed E-state index contributed by atoms with van der Waals surface area (Å²) in [5.74, 6) is 5.52. The molecule has 1 aromatic carbocycles. The quantitative estimate of drug-likeness (QED) is 0.348. The van der Waals surface area contributed by atoms with E-state index in [2.05, 4.69) is 32.1 Å². The van der Waals surface area contributed by atoms with E-state index in [1.54, 1.807) is 0 Å². The van der Waals surface area contributed by atoms with Crippen molar-refractivity contribution in [2.75, 3.05) is 18.1 Å². The van der Waals surface area contributed by atoms with Gasteiger partial charge >= 0.3 is 12.6 Å². The highest BCUT2D eigenvalue weighted by Crippen LogP contribution is 2.24. The zero-order chi connectivity index (χ0) is 19.8. The molecule has 12 heteroatoms. The highest BCUT2D eigenvalue weighted by atomic mass is 32.2. The van der Waals surface area contributed by atoms with E-state index in [-0.39, 0.29) is 29.0 Å². The fourth-order valence-corrected chi connectivity index (χ4v) is 2.52. The number of alkyl halides is 2. The lowest BCUT2D eigenvalue weighted by Gasteiger charge is -2.06. The van der Waals surface area contributed by atoms with Crippen LogP contribution in [0.5, 0.6) is 5.75 Å². The van der Waals surface area contributed by atoms with Crippen molar-refractivity contribution in [1.82, 2.24) is 25.5 Å². The van der Waals surface area contributed by atoms with E-state index in [0.29, 0.717) is 5.56 Å². The number of nitrogen functional groups attached to an aromatic ring is 1. The zero-order valence-corrected chi connectivity index (χ0v) is 14.7. The molecule has 2 aromatic rings. The molecular weight excluding hydrogens is 382 g/mol. The summed E-state index contributed by atoms with van der Waals surface area (Å²) >= 11 is 0.976. The predicted octanol–water partition coefficient (Wildman–Crippen LogP) is 1.36. The van der Waals surface area contributed by atoms with Gasteiger partial charge in [0.1, 0.15) is 5.75 Å². The third-order valence-electron chi connectivity index (χ3n) is 2.99. The van der Waals surface area contributed by atoms with E-state index in [1.807, 2.05) is 0 Å². The summed E-state index contributed by atoms with van der Waals surface area (Å²) in [6.45, 7) is 0.754. The number of amides is 3. The monoisotopic (exact) mass is 398 g/mol. The van der Waals surface area contributed by atoms with Crippen LogP contribution < -0.4 is 21.2 Å². The number of nitrogens with one attached hydrogen (secondary N) is 2. The molecule has 0 aliphatic heterocycles. The molecule has 144 valence electrons. The van der Waals surface area contributed by atoms with Gasteiger partial charge in [-0.15, -0.1) is 16.8 Å². The summed E-state index contributed by atoms with van der Waals surface area (Å²) in [7, 11) is 0. The second-order valence-electron chi connectivity index (χ2n) is 4.91. The number of thioether (sulfide) groups is 1. The maximum atomic E-state index is 12.2. The van der Waals surface area contributed by atoms with Crippen molar-refractivity contribution in [2.24, 2.45) is 0 Å². The Bertz CT molecular complexity index is 812. The predicted molar refractivity (Wildman–Crippen MR) is 94.7 cm³/mol. The number of urea groups is 1. The van der Waals surface area contributed by atoms with Crippen molar-refractivity contribution < 1.29 is 23.1 Å². The lowest BCUT2D eigenvalue weighted by atomic mass is 10.2. The zero-order valence-electron chi connectivity index (χ0n) is 13.9. The Morgan fingerprint density at radius 1 is 1.33 bits per heavy atom. The molecule has 0 atom stereocenters. The second kappa shape index (κ2) is 9.52. The number of carbonyl (C=O) groups is 2. The Kier molecular flexibility index (Phi) is 7.11. The van der Waals surface area contributed by atoms with Crippen LogP contribution in [0.15, 0.2) is 42.1 Å². The molecule has 4 N–H and O–H groups in total. The van der Waals surface area contributed by atoms with E-state index in [0.717, 1.165) is 16.4 Å². The number of halogens is 2. The van der Waals surface area contributed by atoms with Crippen LogP contribution in [-0.4, -0.2) is 45.7 Å². The van der Waals surface area contributed by atoms with Gasteiger partial charge in [-0.25, -0.2) is 9.47 Å². The Morgan fingerprint density at radius 2 is 2.04 bits per heavy atom. The van der Waals surface area contributed by atoms with E-state index in [1.165, 1.54) is 30.3 Å². The number of aromatic nitrogens is 3. The molecule has 9 nitrogen and oxygen atoms in total. The number of rotatable bonds is 8. The lowest BCUT2D eigenvalue weighted by molar-refractivity contribution is -0.117. The molecule has 0 saturated heterocycles. The van der Waals surface area contributed by atoms with E-state index in [4.69, 9.17) is 5.84 Å². The molecule has 27 heavy (non-hydrogen) atoms. The highest BCUT2D eigenvalue weighted by molar-refractivity contribution is 7.99. The number of nitrogens with zero attached hydrogens (tertiary/aromatic N) is 3. The molecule has 0 saturated carbocycles. The highest BCUT2D eigenvalue weighted by Gasteiger charge is 2.15.